The molecule has 0 aliphatic heterocycles. The molecule has 1 N–H and O–H groups in total. The third-order valence-corrected chi connectivity index (χ3v) is 7.15. The van der Waals surface area contributed by atoms with Gasteiger partial charge in [0.2, 0.25) is 5.91 Å². The normalized spacial score (nSPS) is 16.2. The van der Waals surface area contributed by atoms with Crippen LogP contribution in [0.4, 0.5) is 0 Å². The number of ether oxygens (including phenoxy) is 1. The van der Waals surface area contributed by atoms with Crippen LogP contribution in [-0.4, -0.2) is 46.2 Å². The lowest BCUT2D eigenvalue weighted by Crippen LogP contribution is -2.32. The summed E-state index contributed by atoms with van der Waals surface area (Å²) in [5, 5.41) is 12.7. The SMILES string of the molecule is COCCCNC(=O)C(C)Sc1nnc(-c2ccc(C(C)(C)C)cc2)n1C1CCCCC1. The number of carbonyl (C=O) groups is 1. The minimum Gasteiger partial charge on any atom is -0.385 e. The summed E-state index contributed by atoms with van der Waals surface area (Å²) in [4.78, 5) is 12.6. The Kier molecular flexibility index (Phi) is 8.77. The van der Waals surface area contributed by atoms with Crippen LogP contribution in [0.15, 0.2) is 29.4 Å². The van der Waals surface area contributed by atoms with E-state index in [9.17, 15) is 4.79 Å². The molecule has 1 aliphatic rings. The van der Waals surface area contributed by atoms with Gasteiger partial charge in [-0.25, -0.2) is 0 Å². The molecule has 0 radical (unpaired) electrons. The number of nitrogens with one attached hydrogen (secondary N) is 1. The zero-order valence-electron chi connectivity index (χ0n) is 20.2. The van der Waals surface area contributed by atoms with Crippen molar-refractivity contribution in [3.8, 4) is 11.4 Å². The van der Waals surface area contributed by atoms with Gasteiger partial charge in [0.15, 0.2) is 11.0 Å². The quantitative estimate of drug-likeness (QED) is 0.403. The van der Waals surface area contributed by atoms with E-state index in [2.05, 4.69) is 65.1 Å². The minimum atomic E-state index is -0.236. The summed E-state index contributed by atoms with van der Waals surface area (Å²) in [6, 6.07) is 9.08. The zero-order chi connectivity index (χ0) is 23.1. The topological polar surface area (TPSA) is 69.0 Å². The maximum Gasteiger partial charge on any atom is 0.233 e. The van der Waals surface area contributed by atoms with Crippen LogP contribution in [0.25, 0.3) is 11.4 Å². The fraction of sp³-hybridized carbons (Fsp3) is 0.640. The highest BCUT2D eigenvalue weighted by Gasteiger charge is 2.26. The molecule has 32 heavy (non-hydrogen) atoms. The van der Waals surface area contributed by atoms with Crippen molar-refractivity contribution in [2.45, 2.75) is 88.1 Å². The third kappa shape index (κ3) is 6.35. The molecule has 1 unspecified atom stereocenters. The average molecular weight is 459 g/mol. The number of hydrogen-bond acceptors (Lipinski definition) is 5. The molecule has 1 amide bonds. The number of hydrogen-bond donors (Lipinski definition) is 1. The van der Waals surface area contributed by atoms with Gasteiger partial charge in [0.25, 0.3) is 0 Å². The molecule has 0 spiro atoms. The molecular formula is C25H38N4O2S. The highest BCUT2D eigenvalue weighted by molar-refractivity contribution is 8.00. The van der Waals surface area contributed by atoms with Gasteiger partial charge in [-0.2, -0.15) is 0 Å². The molecule has 176 valence electrons. The van der Waals surface area contributed by atoms with Crippen molar-refractivity contribution in [2.24, 2.45) is 0 Å². The summed E-state index contributed by atoms with van der Waals surface area (Å²) in [6.45, 7) is 9.89. The van der Waals surface area contributed by atoms with Crippen molar-refractivity contribution in [1.82, 2.24) is 20.1 Å². The molecule has 3 rings (SSSR count). The lowest BCUT2D eigenvalue weighted by Gasteiger charge is -2.26. The molecule has 1 fully saturated rings. The first-order chi connectivity index (χ1) is 15.3. The van der Waals surface area contributed by atoms with Crippen LogP contribution in [0, 0.1) is 0 Å². The van der Waals surface area contributed by atoms with Gasteiger partial charge in [0, 0.05) is 31.9 Å². The Hall–Kier alpha value is -1.86. The van der Waals surface area contributed by atoms with Crippen LogP contribution < -0.4 is 5.32 Å². The van der Waals surface area contributed by atoms with E-state index in [0.29, 0.717) is 19.2 Å². The van der Waals surface area contributed by atoms with Crippen molar-refractivity contribution in [1.29, 1.82) is 0 Å². The molecular weight excluding hydrogens is 420 g/mol. The van der Waals surface area contributed by atoms with E-state index in [4.69, 9.17) is 4.74 Å². The van der Waals surface area contributed by atoms with Crippen LogP contribution in [-0.2, 0) is 14.9 Å². The second kappa shape index (κ2) is 11.3. The second-order valence-corrected chi connectivity index (χ2v) is 11.0. The van der Waals surface area contributed by atoms with Crippen molar-refractivity contribution < 1.29 is 9.53 Å². The summed E-state index contributed by atoms with van der Waals surface area (Å²) in [5.41, 5.74) is 2.50. The van der Waals surface area contributed by atoms with Crippen LogP contribution >= 0.6 is 11.8 Å². The van der Waals surface area contributed by atoms with Gasteiger partial charge in [-0.15, -0.1) is 10.2 Å². The Balaban J connectivity index is 1.82. The Bertz CT molecular complexity index is 867. The number of nitrogens with zero attached hydrogens (tertiary/aromatic N) is 3. The zero-order valence-corrected chi connectivity index (χ0v) is 21.0. The first-order valence-corrected chi connectivity index (χ1v) is 12.7. The monoisotopic (exact) mass is 458 g/mol. The predicted octanol–water partition coefficient (Wildman–Crippen LogP) is 5.38. The standard InChI is InChI=1S/C25H38N4O2S/c1-18(23(30)26-16-9-17-31-5)32-24-28-27-22(29(24)21-10-7-6-8-11-21)19-12-14-20(15-13-19)25(2,3)4/h12-15,18,21H,6-11,16-17H2,1-5H3,(H,26,30). The fourth-order valence-corrected chi connectivity index (χ4v) is 5.07. The molecule has 7 heteroatoms. The van der Waals surface area contributed by atoms with E-state index >= 15 is 0 Å². The van der Waals surface area contributed by atoms with Crippen LogP contribution in [0.2, 0.25) is 0 Å². The van der Waals surface area contributed by atoms with Gasteiger partial charge in [-0.3, -0.25) is 9.36 Å². The van der Waals surface area contributed by atoms with Crippen LogP contribution in [0.5, 0.6) is 0 Å². The number of amides is 1. The van der Waals surface area contributed by atoms with Gasteiger partial charge >= 0.3 is 0 Å². The molecule has 1 atom stereocenters. The maximum atomic E-state index is 12.6. The first-order valence-electron chi connectivity index (χ1n) is 11.8. The largest absolute Gasteiger partial charge is 0.385 e. The van der Waals surface area contributed by atoms with Crippen LogP contribution in [0.3, 0.4) is 0 Å². The van der Waals surface area contributed by atoms with Gasteiger partial charge in [0.05, 0.1) is 5.25 Å². The van der Waals surface area contributed by atoms with Crippen LogP contribution in [0.1, 0.15) is 77.8 Å². The second-order valence-electron chi connectivity index (χ2n) is 9.69. The van der Waals surface area contributed by atoms with Crippen molar-refractivity contribution >= 4 is 17.7 Å². The Morgan fingerprint density at radius 3 is 2.50 bits per heavy atom. The number of aromatic nitrogens is 3. The molecule has 1 saturated carbocycles. The number of benzene rings is 1. The minimum absolute atomic E-state index is 0.0281. The number of thioether (sulfide) groups is 1. The molecule has 1 aromatic carbocycles. The van der Waals surface area contributed by atoms with Gasteiger partial charge < -0.3 is 10.1 Å². The summed E-state index contributed by atoms with van der Waals surface area (Å²) in [6.07, 6.45) is 6.83. The van der Waals surface area contributed by atoms with Crippen molar-refractivity contribution in [3.05, 3.63) is 29.8 Å². The summed E-state index contributed by atoms with van der Waals surface area (Å²) in [7, 11) is 1.67. The van der Waals surface area contributed by atoms with E-state index < -0.39 is 0 Å². The number of carbonyl (C=O) groups excluding carboxylic acids is 1. The average Bonchev–Trinajstić information content (AvgIpc) is 3.20. The van der Waals surface area contributed by atoms with E-state index in [-0.39, 0.29) is 16.6 Å². The molecule has 2 aromatic rings. The van der Waals surface area contributed by atoms with E-state index in [1.807, 2.05) is 6.92 Å². The molecule has 1 aliphatic carbocycles. The molecule has 1 heterocycles. The van der Waals surface area contributed by atoms with E-state index in [1.54, 1.807) is 7.11 Å². The maximum absolute atomic E-state index is 12.6. The molecule has 1 aromatic heterocycles. The van der Waals surface area contributed by atoms with Gasteiger partial charge in [-0.05, 0) is 37.2 Å². The van der Waals surface area contributed by atoms with Crippen molar-refractivity contribution in [2.75, 3.05) is 20.3 Å². The van der Waals surface area contributed by atoms with Crippen molar-refractivity contribution in [3.63, 3.8) is 0 Å². The molecule has 0 saturated heterocycles. The number of methoxy groups -OCH3 is 1. The first kappa shape index (κ1) is 24.8. The lowest BCUT2D eigenvalue weighted by molar-refractivity contribution is -0.120. The highest BCUT2D eigenvalue weighted by atomic mass is 32.2. The Morgan fingerprint density at radius 1 is 1.19 bits per heavy atom. The molecule has 6 nitrogen and oxygen atoms in total. The lowest BCUT2D eigenvalue weighted by atomic mass is 9.86. The van der Waals surface area contributed by atoms with Gasteiger partial charge in [0.1, 0.15) is 0 Å². The van der Waals surface area contributed by atoms with E-state index in [0.717, 1.165) is 35.8 Å². The predicted molar refractivity (Wildman–Crippen MR) is 131 cm³/mol. The summed E-state index contributed by atoms with van der Waals surface area (Å²) in [5.74, 6) is 0.938. The Morgan fingerprint density at radius 2 is 1.88 bits per heavy atom. The molecule has 0 bridgehead atoms. The summed E-state index contributed by atoms with van der Waals surface area (Å²) >= 11 is 1.50. The number of rotatable bonds is 9. The Labute approximate surface area is 196 Å². The smallest absolute Gasteiger partial charge is 0.233 e. The third-order valence-electron chi connectivity index (χ3n) is 6.09. The van der Waals surface area contributed by atoms with Gasteiger partial charge in [-0.1, -0.05) is 76.1 Å². The summed E-state index contributed by atoms with van der Waals surface area (Å²) < 4.78 is 7.35. The van der Waals surface area contributed by atoms with E-state index in [1.165, 1.54) is 36.6 Å². The fourth-order valence-electron chi connectivity index (χ4n) is 4.13. The highest BCUT2D eigenvalue weighted by Crippen LogP contribution is 2.37.